The minimum Gasteiger partial charge on any atom is -0.375 e. The average molecular weight is 249 g/mol. The Balaban J connectivity index is 2.36. The van der Waals surface area contributed by atoms with Crippen LogP contribution in [0, 0.1) is 17.0 Å². The molecule has 5 nitrogen and oxygen atoms in total. The molecule has 0 bridgehead atoms. The van der Waals surface area contributed by atoms with Gasteiger partial charge in [-0.1, -0.05) is 18.2 Å². The molecule has 0 saturated heterocycles. The van der Waals surface area contributed by atoms with Crippen LogP contribution in [0.3, 0.4) is 0 Å². The summed E-state index contributed by atoms with van der Waals surface area (Å²) in [7, 11) is 0. The molecule has 1 aromatic heterocycles. The van der Waals surface area contributed by atoms with E-state index in [1.807, 2.05) is 6.92 Å². The fourth-order valence-corrected chi connectivity index (χ4v) is 2.48. The molecule has 0 aliphatic heterocycles. The Morgan fingerprint density at radius 1 is 1.47 bits per heavy atom. The summed E-state index contributed by atoms with van der Waals surface area (Å²) in [4.78, 5) is 15.6. The minimum absolute atomic E-state index is 0.138. The molecule has 1 heterocycles. The zero-order valence-corrected chi connectivity index (χ0v) is 10.0. The molecule has 6 heteroatoms. The second-order valence-electron chi connectivity index (χ2n) is 3.62. The van der Waals surface area contributed by atoms with Crippen molar-refractivity contribution in [1.29, 1.82) is 0 Å². The maximum absolute atomic E-state index is 10.9. The summed E-state index contributed by atoms with van der Waals surface area (Å²) in [5.74, 6) is 0. The predicted octanol–water partition coefficient (Wildman–Crippen LogP) is 2.53. The normalized spacial score (nSPS) is 10.4. The molecule has 2 rings (SSSR count). The highest BCUT2D eigenvalue weighted by molar-refractivity contribution is 7.15. The van der Waals surface area contributed by atoms with Crippen LogP contribution in [0.4, 0.5) is 10.8 Å². The second kappa shape index (κ2) is 4.50. The van der Waals surface area contributed by atoms with E-state index in [2.05, 4.69) is 4.98 Å². The second-order valence-corrected chi connectivity index (χ2v) is 4.74. The lowest BCUT2D eigenvalue weighted by Gasteiger charge is -2.01. The molecule has 88 valence electrons. The third kappa shape index (κ3) is 2.42. The standard InChI is InChI=1S/C11H11N3O2S/c1-7-10(17-11(12)13-7)6-8-4-2-3-5-9(8)14(15)16/h2-5H,6H2,1H3,(H2,12,13). The van der Waals surface area contributed by atoms with Gasteiger partial charge in [-0.15, -0.1) is 11.3 Å². The molecule has 0 unspecified atom stereocenters. The fourth-order valence-electron chi connectivity index (χ4n) is 1.63. The number of thiazole rings is 1. The van der Waals surface area contributed by atoms with E-state index < -0.39 is 0 Å². The third-order valence-electron chi connectivity index (χ3n) is 2.45. The van der Waals surface area contributed by atoms with Gasteiger partial charge in [-0.2, -0.15) is 0 Å². The van der Waals surface area contributed by atoms with Gasteiger partial charge in [0.25, 0.3) is 5.69 Å². The SMILES string of the molecule is Cc1nc(N)sc1Cc1ccccc1[N+](=O)[O-]. The monoisotopic (exact) mass is 249 g/mol. The van der Waals surface area contributed by atoms with Gasteiger partial charge >= 0.3 is 0 Å². The number of benzene rings is 1. The number of nitrogen functional groups attached to an aromatic ring is 1. The molecule has 2 aromatic rings. The highest BCUT2D eigenvalue weighted by Gasteiger charge is 2.15. The van der Waals surface area contributed by atoms with Crippen LogP contribution < -0.4 is 5.73 Å². The van der Waals surface area contributed by atoms with Gasteiger partial charge in [-0.05, 0) is 6.92 Å². The molecule has 17 heavy (non-hydrogen) atoms. The van der Waals surface area contributed by atoms with Crippen molar-refractivity contribution in [3.05, 3.63) is 50.5 Å². The zero-order chi connectivity index (χ0) is 12.4. The number of nitrogens with zero attached hydrogens (tertiary/aromatic N) is 2. The van der Waals surface area contributed by atoms with Gasteiger partial charge in [0.15, 0.2) is 5.13 Å². The van der Waals surface area contributed by atoms with E-state index in [1.54, 1.807) is 18.2 Å². The lowest BCUT2D eigenvalue weighted by atomic mass is 10.1. The molecule has 0 aliphatic carbocycles. The summed E-state index contributed by atoms with van der Waals surface area (Å²) in [6, 6.07) is 6.72. The molecule has 0 fully saturated rings. The first kappa shape index (κ1) is 11.5. The van der Waals surface area contributed by atoms with Crippen molar-refractivity contribution < 1.29 is 4.92 Å². The molecule has 0 spiro atoms. The Bertz CT molecular complexity index is 566. The van der Waals surface area contributed by atoms with Crippen molar-refractivity contribution in [2.24, 2.45) is 0 Å². The van der Waals surface area contributed by atoms with Gasteiger partial charge in [0.1, 0.15) is 0 Å². The van der Waals surface area contributed by atoms with E-state index in [1.165, 1.54) is 17.4 Å². The van der Waals surface area contributed by atoms with Crippen molar-refractivity contribution in [1.82, 2.24) is 4.98 Å². The van der Waals surface area contributed by atoms with Gasteiger partial charge in [0.2, 0.25) is 0 Å². The lowest BCUT2D eigenvalue weighted by molar-refractivity contribution is -0.385. The van der Waals surface area contributed by atoms with Crippen molar-refractivity contribution >= 4 is 22.2 Å². The van der Waals surface area contributed by atoms with Crippen molar-refractivity contribution in [3.63, 3.8) is 0 Å². The summed E-state index contributed by atoms with van der Waals surface area (Å²) in [5, 5.41) is 11.4. The van der Waals surface area contributed by atoms with E-state index in [9.17, 15) is 10.1 Å². The van der Waals surface area contributed by atoms with Gasteiger partial charge in [-0.25, -0.2) is 4.98 Å². The molecule has 0 amide bonds. The van der Waals surface area contributed by atoms with Crippen LogP contribution in [0.15, 0.2) is 24.3 Å². The van der Waals surface area contributed by atoms with E-state index in [0.717, 1.165) is 10.6 Å². The van der Waals surface area contributed by atoms with Crippen LogP contribution in [0.5, 0.6) is 0 Å². The number of nitro groups is 1. The number of nitro benzene ring substituents is 1. The van der Waals surface area contributed by atoms with Gasteiger partial charge in [0.05, 0.1) is 10.6 Å². The highest BCUT2D eigenvalue weighted by atomic mass is 32.1. The van der Waals surface area contributed by atoms with Crippen molar-refractivity contribution in [2.75, 3.05) is 5.73 Å². The summed E-state index contributed by atoms with van der Waals surface area (Å²) < 4.78 is 0. The summed E-state index contributed by atoms with van der Waals surface area (Å²) in [6.07, 6.45) is 0.498. The topological polar surface area (TPSA) is 82.0 Å². The molecule has 0 saturated carbocycles. The summed E-state index contributed by atoms with van der Waals surface area (Å²) >= 11 is 1.37. The number of anilines is 1. The Hall–Kier alpha value is -1.95. The molecule has 0 aliphatic rings. The number of hydrogen-bond acceptors (Lipinski definition) is 5. The molecule has 1 aromatic carbocycles. The van der Waals surface area contributed by atoms with Crippen LogP contribution in [-0.2, 0) is 6.42 Å². The predicted molar refractivity (Wildman–Crippen MR) is 67.2 cm³/mol. The van der Waals surface area contributed by atoms with Gasteiger partial charge in [-0.3, -0.25) is 10.1 Å². The summed E-state index contributed by atoms with van der Waals surface area (Å²) in [6.45, 7) is 1.86. The van der Waals surface area contributed by atoms with Crippen molar-refractivity contribution in [3.8, 4) is 0 Å². The minimum atomic E-state index is -0.366. The Labute approximate surface area is 102 Å². The highest BCUT2D eigenvalue weighted by Crippen LogP contribution is 2.26. The van der Waals surface area contributed by atoms with Gasteiger partial charge < -0.3 is 5.73 Å². The average Bonchev–Trinajstić information content (AvgIpc) is 2.58. The molecular weight excluding hydrogens is 238 g/mol. The smallest absolute Gasteiger partial charge is 0.272 e. The Morgan fingerprint density at radius 2 is 2.18 bits per heavy atom. The quantitative estimate of drug-likeness (QED) is 0.669. The number of aryl methyl sites for hydroxylation is 1. The third-order valence-corrected chi connectivity index (χ3v) is 3.44. The van der Waals surface area contributed by atoms with Gasteiger partial charge in [0, 0.05) is 22.9 Å². The first-order valence-electron chi connectivity index (χ1n) is 5.02. The van der Waals surface area contributed by atoms with Crippen LogP contribution in [0.1, 0.15) is 16.1 Å². The Morgan fingerprint density at radius 3 is 2.76 bits per heavy atom. The number of para-hydroxylation sites is 1. The van der Waals surface area contributed by atoms with Crippen molar-refractivity contribution in [2.45, 2.75) is 13.3 Å². The first-order valence-corrected chi connectivity index (χ1v) is 5.83. The number of rotatable bonds is 3. The molecule has 0 atom stereocenters. The maximum atomic E-state index is 10.9. The fraction of sp³-hybridized carbons (Fsp3) is 0.182. The number of hydrogen-bond donors (Lipinski definition) is 1. The molecular formula is C11H11N3O2S. The largest absolute Gasteiger partial charge is 0.375 e. The zero-order valence-electron chi connectivity index (χ0n) is 9.21. The van der Waals surface area contributed by atoms with Crippen LogP contribution in [0.25, 0.3) is 0 Å². The lowest BCUT2D eigenvalue weighted by Crippen LogP contribution is -1.96. The van der Waals surface area contributed by atoms with E-state index in [0.29, 0.717) is 17.1 Å². The van der Waals surface area contributed by atoms with E-state index in [-0.39, 0.29) is 10.6 Å². The number of aromatic nitrogens is 1. The van der Waals surface area contributed by atoms with Crippen LogP contribution in [-0.4, -0.2) is 9.91 Å². The number of nitrogens with two attached hydrogens (primary N) is 1. The van der Waals surface area contributed by atoms with Crippen LogP contribution in [0.2, 0.25) is 0 Å². The molecule has 0 radical (unpaired) electrons. The molecule has 2 N–H and O–H groups in total. The van der Waals surface area contributed by atoms with Crippen LogP contribution >= 0.6 is 11.3 Å². The maximum Gasteiger partial charge on any atom is 0.272 e. The van der Waals surface area contributed by atoms with E-state index in [4.69, 9.17) is 5.73 Å². The van der Waals surface area contributed by atoms with E-state index >= 15 is 0 Å². The first-order chi connectivity index (χ1) is 8.08. The Kier molecular flexibility index (Phi) is 3.06. The summed E-state index contributed by atoms with van der Waals surface area (Å²) in [5.41, 5.74) is 7.27.